The quantitative estimate of drug-likeness (QED) is 0.623. The second kappa shape index (κ2) is 8.47. The van der Waals surface area contributed by atoms with Crippen molar-refractivity contribution in [2.75, 3.05) is 27.2 Å². The third-order valence-corrected chi connectivity index (χ3v) is 7.95. The number of carbonyl (C=O) groups excluding carboxylic acids is 1. The van der Waals surface area contributed by atoms with Gasteiger partial charge in [-0.2, -0.15) is 0 Å². The normalized spacial score (nSPS) is 27.8. The number of ether oxygens (including phenoxy) is 1. The zero-order chi connectivity index (χ0) is 23.1. The number of amides is 1. The Morgan fingerprint density at radius 1 is 1.06 bits per heavy atom. The molecule has 1 amide bonds. The third kappa shape index (κ3) is 3.79. The molecule has 1 heterocycles. The van der Waals surface area contributed by atoms with E-state index in [4.69, 9.17) is 4.74 Å². The highest BCUT2D eigenvalue weighted by Gasteiger charge is 2.58. The zero-order valence-corrected chi connectivity index (χ0v) is 19.4. The van der Waals surface area contributed by atoms with Crippen LogP contribution in [0.15, 0.2) is 66.7 Å². The van der Waals surface area contributed by atoms with Gasteiger partial charge in [-0.25, -0.2) is 0 Å². The predicted octanol–water partition coefficient (Wildman–Crippen LogP) is 4.49. The van der Waals surface area contributed by atoms with Crippen LogP contribution in [-0.2, 0) is 10.2 Å². The number of nitrogens with one attached hydrogen (secondary N) is 1. The van der Waals surface area contributed by atoms with Gasteiger partial charge in [0.05, 0.1) is 5.60 Å². The summed E-state index contributed by atoms with van der Waals surface area (Å²) in [6.07, 6.45) is 3.42. The average Bonchev–Trinajstić information content (AvgIpc) is 2.83. The van der Waals surface area contributed by atoms with Crippen molar-refractivity contribution in [1.82, 2.24) is 10.2 Å². The number of nitrogens with zero attached hydrogens (tertiary/aromatic N) is 1. The molecule has 2 fully saturated rings. The molecule has 3 aromatic rings. The molecule has 5 rings (SSSR count). The summed E-state index contributed by atoms with van der Waals surface area (Å²) in [7, 11) is 3.95. The maximum atomic E-state index is 13.2. The van der Waals surface area contributed by atoms with E-state index < -0.39 is 0 Å². The summed E-state index contributed by atoms with van der Waals surface area (Å²) < 4.78 is 6.30. The maximum Gasteiger partial charge on any atom is 0.251 e. The van der Waals surface area contributed by atoms with Crippen molar-refractivity contribution in [3.8, 4) is 5.75 Å². The third-order valence-electron chi connectivity index (χ3n) is 7.95. The minimum absolute atomic E-state index is 0.0327. The number of aromatic hydroxyl groups is 1. The van der Waals surface area contributed by atoms with Crippen molar-refractivity contribution < 1.29 is 14.6 Å². The van der Waals surface area contributed by atoms with E-state index >= 15 is 0 Å². The van der Waals surface area contributed by atoms with Crippen LogP contribution in [0.4, 0.5) is 0 Å². The van der Waals surface area contributed by atoms with Gasteiger partial charge in [0, 0.05) is 30.7 Å². The molecule has 0 spiro atoms. The highest BCUT2D eigenvalue weighted by Crippen LogP contribution is 2.53. The Kier molecular flexibility index (Phi) is 5.63. The number of hydrogen-bond acceptors (Lipinski definition) is 4. The van der Waals surface area contributed by atoms with E-state index in [1.54, 1.807) is 6.07 Å². The number of benzene rings is 3. The lowest BCUT2D eigenvalue weighted by Crippen LogP contribution is -2.67. The van der Waals surface area contributed by atoms with E-state index in [-0.39, 0.29) is 28.7 Å². The Labute approximate surface area is 195 Å². The summed E-state index contributed by atoms with van der Waals surface area (Å²) in [6, 6.07) is 21.6. The molecule has 2 N–H and O–H groups in total. The summed E-state index contributed by atoms with van der Waals surface area (Å²) in [5.41, 5.74) is 1.17. The number of hydrogen-bond donors (Lipinski definition) is 2. The van der Waals surface area contributed by atoms with Crippen LogP contribution in [0.25, 0.3) is 10.8 Å². The smallest absolute Gasteiger partial charge is 0.251 e. The van der Waals surface area contributed by atoms with Gasteiger partial charge in [0.1, 0.15) is 5.75 Å². The van der Waals surface area contributed by atoms with Gasteiger partial charge in [-0.1, -0.05) is 42.5 Å². The highest BCUT2D eigenvalue weighted by atomic mass is 16.5. The lowest BCUT2D eigenvalue weighted by Gasteiger charge is -2.59. The second-order valence-electron chi connectivity index (χ2n) is 9.79. The van der Waals surface area contributed by atoms with Crippen LogP contribution in [0.2, 0.25) is 0 Å². The summed E-state index contributed by atoms with van der Waals surface area (Å²) in [4.78, 5) is 15.6. The van der Waals surface area contributed by atoms with Crippen molar-refractivity contribution in [2.24, 2.45) is 0 Å². The Balaban J connectivity index is 1.45. The van der Waals surface area contributed by atoms with Gasteiger partial charge in [-0.05, 0) is 79.9 Å². The molecule has 0 aromatic heterocycles. The molecule has 5 heteroatoms. The first kappa shape index (κ1) is 21.9. The van der Waals surface area contributed by atoms with Gasteiger partial charge in [0.25, 0.3) is 5.91 Å². The Morgan fingerprint density at radius 3 is 2.67 bits per heavy atom. The largest absolute Gasteiger partial charge is 0.508 e. The number of likely N-dealkylation sites (N-methyl/N-ethyl adjacent to an activating group) is 1. The molecule has 3 atom stereocenters. The number of phenolic OH excluding ortho intramolecular Hbond substituents is 1. The number of piperidine rings is 1. The molecule has 172 valence electrons. The molecule has 1 saturated carbocycles. The molecule has 2 aliphatic rings. The minimum atomic E-state index is -0.349. The molecule has 3 aromatic carbocycles. The molecule has 1 aliphatic carbocycles. The minimum Gasteiger partial charge on any atom is -0.508 e. The molecule has 5 nitrogen and oxygen atoms in total. The fraction of sp³-hybridized carbons (Fsp3) is 0.393. The van der Waals surface area contributed by atoms with Crippen LogP contribution in [0.5, 0.6) is 5.75 Å². The molecule has 0 bridgehead atoms. The molecule has 33 heavy (non-hydrogen) atoms. The highest BCUT2D eigenvalue weighted by molar-refractivity contribution is 5.98. The number of carbonyl (C=O) groups is 1. The Morgan fingerprint density at radius 2 is 1.88 bits per heavy atom. The molecule has 1 saturated heterocycles. The topological polar surface area (TPSA) is 61.8 Å². The fourth-order valence-electron chi connectivity index (χ4n) is 6.23. The number of methoxy groups -OCH3 is 1. The molecule has 3 unspecified atom stereocenters. The molecular formula is C28H32N2O3. The van der Waals surface area contributed by atoms with Crippen LogP contribution < -0.4 is 5.32 Å². The van der Waals surface area contributed by atoms with Crippen molar-refractivity contribution in [3.63, 3.8) is 0 Å². The summed E-state index contributed by atoms with van der Waals surface area (Å²) in [5.74, 6) is 0.239. The molecule has 0 radical (unpaired) electrons. The Bertz CT molecular complexity index is 1180. The van der Waals surface area contributed by atoms with Crippen molar-refractivity contribution in [2.45, 2.75) is 42.7 Å². The van der Waals surface area contributed by atoms with E-state index in [0.29, 0.717) is 5.56 Å². The van der Waals surface area contributed by atoms with E-state index in [0.717, 1.165) is 55.1 Å². The van der Waals surface area contributed by atoms with E-state index in [1.807, 2.05) is 55.6 Å². The summed E-state index contributed by atoms with van der Waals surface area (Å²) in [5, 5.41) is 15.8. The number of rotatable bonds is 4. The predicted molar refractivity (Wildman–Crippen MR) is 131 cm³/mol. The van der Waals surface area contributed by atoms with Crippen molar-refractivity contribution >= 4 is 16.7 Å². The molecular weight excluding hydrogens is 412 g/mol. The fourth-order valence-corrected chi connectivity index (χ4v) is 6.23. The standard InChI is InChI=1S/C28H32N2O3/c1-30-15-14-27(23-8-5-9-25(31)17-23)18-24(12-13-28(27,19-30)33-2)29-26(32)22-11-10-20-6-3-4-7-21(20)16-22/h3-11,16-17,24,31H,12-15,18-19H2,1-2H3,(H,29,32). The summed E-state index contributed by atoms with van der Waals surface area (Å²) in [6.45, 7) is 1.79. The first-order chi connectivity index (χ1) is 15.9. The second-order valence-corrected chi connectivity index (χ2v) is 9.79. The van der Waals surface area contributed by atoms with Gasteiger partial charge >= 0.3 is 0 Å². The maximum absolute atomic E-state index is 13.2. The number of likely N-dealkylation sites (tertiary alicyclic amines) is 1. The Hall–Kier alpha value is -2.89. The number of fused-ring (bicyclic) bond motifs is 2. The SMILES string of the molecule is COC12CCC(NC(=O)c3ccc4ccccc4c3)CC1(c1cccc(O)c1)CCN(C)C2. The lowest BCUT2D eigenvalue weighted by atomic mass is 9.55. The van der Waals surface area contributed by atoms with Crippen molar-refractivity contribution in [3.05, 3.63) is 77.9 Å². The van der Waals surface area contributed by atoms with E-state index in [1.165, 1.54) is 0 Å². The monoisotopic (exact) mass is 444 g/mol. The van der Waals surface area contributed by atoms with E-state index in [2.05, 4.69) is 29.4 Å². The number of phenols is 1. The van der Waals surface area contributed by atoms with Crippen molar-refractivity contribution in [1.29, 1.82) is 0 Å². The van der Waals surface area contributed by atoms with Crippen LogP contribution in [0, 0.1) is 0 Å². The van der Waals surface area contributed by atoms with Crippen LogP contribution in [-0.4, -0.2) is 54.8 Å². The zero-order valence-electron chi connectivity index (χ0n) is 19.4. The van der Waals surface area contributed by atoms with Crippen LogP contribution in [0.1, 0.15) is 41.6 Å². The van der Waals surface area contributed by atoms with Gasteiger partial charge in [0.2, 0.25) is 0 Å². The summed E-state index contributed by atoms with van der Waals surface area (Å²) >= 11 is 0. The van der Waals surface area contributed by atoms with Gasteiger partial charge in [0.15, 0.2) is 0 Å². The van der Waals surface area contributed by atoms with E-state index in [9.17, 15) is 9.90 Å². The van der Waals surface area contributed by atoms with Gasteiger partial charge in [-0.15, -0.1) is 0 Å². The van der Waals surface area contributed by atoms with Crippen LogP contribution in [0.3, 0.4) is 0 Å². The lowest BCUT2D eigenvalue weighted by molar-refractivity contribution is -0.144. The van der Waals surface area contributed by atoms with Crippen LogP contribution >= 0.6 is 0 Å². The average molecular weight is 445 g/mol. The van der Waals surface area contributed by atoms with Gasteiger partial charge < -0.3 is 20.1 Å². The van der Waals surface area contributed by atoms with Gasteiger partial charge in [-0.3, -0.25) is 4.79 Å². The first-order valence-corrected chi connectivity index (χ1v) is 11.8. The molecule has 1 aliphatic heterocycles. The first-order valence-electron chi connectivity index (χ1n) is 11.8.